The van der Waals surface area contributed by atoms with E-state index in [0.29, 0.717) is 24.0 Å². The number of alkyl halides is 5. The summed E-state index contributed by atoms with van der Waals surface area (Å²) in [4.78, 5) is 30.6. The zero-order valence-corrected chi connectivity index (χ0v) is 18.0. The van der Waals surface area contributed by atoms with Gasteiger partial charge in [-0.25, -0.2) is 8.78 Å². The van der Waals surface area contributed by atoms with Gasteiger partial charge >= 0.3 is 12.1 Å². The van der Waals surface area contributed by atoms with Gasteiger partial charge in [-0.2, -0.15) is 18.2 Å². The summed E-state index contributed by atoms with van der Waals surface area (Å²) >= 11 is 0. The molecule has 12 heteroatoms. The SMILES string of the molecule is CC1(F)C(F)C1C(=O)N[C@@H]1CCCC[C@H]1N1Cc2ccc(-c3noc(C(F)(F)F)n3)cc2C1=O. The number of carbonyl (C=O) groups is 2. The minimum atomic E-state index is -4.78. The summed E-state index contributed by atoms with van der Waals surface area (Å²) in [6, 6.07) is 3.73. The van der Waals surface area contributed by atoms with Gasteiger partial charge in [-0.1, -0.05) is 30.1 Å². The maximum absolute atomic E-state index is 14.0. The van der Waals surface area contributed by atoms with Crippen molar-refractivity contribution < 1.29 is 36.1 Å². The Hall–Kier alpha value is -3.05. The molecular formula is C22H21F5N4O3. The minimum Gasteiger partial charge on any atom is -0.351 e. The third-order valence-electron chi connectivity index (χ3n) is 6.94. The average Bonchev–Trinajstić information content (AvgIpc) is 3.16. The third kappa shape index (κ3) is 3.72. The molecule has 0 bridgehead atoms. The number of halogens is 5. The summed E-state index contributed by atoms with van der Waals surface area (Å²) in [5.41, 5.74) is -1.00. The van der Waals surface area contributed by atoms with Crippen molar-refractivity contribution in [2.24, 2.45) is 5.92 Å². The summed E-state index contributed by atoms with van der Waals surface area (Å²) < 4.78 is 70.2. The van der Waals surface area contributed by atoms with Crippen molar-refractivity contribution in [1.29, 1.82) is 0 Å². The normalized spacial score (nSPS) is 30.9. The molecule has 0 radical (unpaired) electrons. The van der Waals surface area contributed by atoms with Crippen LogP contribution in [-0.4, -0.2) is 50.8 Å². The quantitative estimate of drug-likeness (QED) is 0.667. The molecule has 1 aromatic heterocycles. The van der Waals surface area contributed by atoms with E-state index in [1.165, 1.54) is 12.1 Å². The topological polar surface area (TPSA) is 88.3 Å². The second kappa shape index (κ2) is 7.74. The summed E-state index contributed by atoms with van der Waals surface area (Å²) in [7, 11) is 0. The van der Waals surface area contributed by atoms with Gasteiger partial charge in [0, 0.05) is 23.7 Å². The molecule has 3 aliphatic rings. The average molecular weight is 484 g/mol. The first-order valence-corrected chi connectivity index (χ1v) is 11.0. The van der Waals surface area contributed by atoms with Crippen LogP contribution in [0.2, 0.25) is 0 Å². The highest BCUT2D eigenvalue weighted by Gasteiger charge is 2.68. The van der Waals surface area contributed by atoms with Crippen LogP contribution in [-0.2, 0) is 17.5 Å². The highest BCUT2D eigenvalue weighted by atomic mass is 19.4. The van der Waals surface area contributed by atoms with Crippen LogP contribution in [0.3, 0.4) is 0 Å². The van der Waals surface area contributed by atoms with Crippen LogP contribution in [0.1, 0.15) is 54.4 Å². The lowest BCUT2D eigenvalue weighted by Crippen LogP contribution is -2.54. The number of nitrogens with one attached hydrogen (secondary N) is 1. The highest BCUT2D eigenvalue weighted by Crippen LogP contribution is 2.50. The van der Waals surface area contributed by atoms with Crippen molar-refractivity contribution in [1.82, 2.24) is 20.4 Å². The Morgan fingerprint density at radius 1 is 1.26 bits per heavy atom. The van der Waals surface area contributed by atoms with E-state index in [2.05, 4.69) is 20.0 Å². The third-order valence-corrected chi connectivity index (χ3v) is 6.94. The predicted molar refractivity (Wildman–Crippen MR) is 107 cm³/mol. The van der Waals surface area contributed by atoms with Crippen molar-refractivity contribution in [3.63, 3.8) is 0 Å². The molecule has 1 aliphatic heterocycles. The smallest absolute Gasteiger partial charge is 0.351 e. The molecule has 5 rings (SSSR count). The second-order valence-corrected chi connectivity index (χ2v) is 9.22. The fraction of sp³-hybridized carbons (Fsp3) is 0.545. The van der Waals surface area contributed by atoms with Crippen molar-refractivity contribution >= 4 is 11.8 Å². The number of hydrogen-bond acceptors (Lipinski definition) is 5. The summed E-state index contributed by atoms with van der Waals surface area (Å²) in [6.45, 7) is 1.31. The van der Waals surface area contributed by atoms with Crippen molar-refractivity contribution in [3.05, 3.63) is 35.2 Å². The molecule has 2 fully saturated rings. The molecule has 34 heavy (non-hydrogen) atoms. The Balaban J connectivity index is 1.34. The van der Waals surface area contributed by atoms with E-state index in [-0.39, 0.29) is 29.9 Å². The van der Waals surface area contributed by atoms with Crippen molar-refractivity contribution in [2.45, 2.75) is 69.3 Å². The van der Waals surface area contributed by atoms with Crippen LogP contribution in [0.4, 0.5) is 22.0 Å². The van der Waals surface area contributed by atoms with Gasteiger partial charge in [-0.05, 0) is 31.4 Å². The van der Waals surface area contributed by atoms with Crippen LogP contribution in [0, 0.1) is 5.92 Å². The van der Waals surface area contributed by atoms with E-state index in [1.54, 1.807) is 11.0 Å². The van der Waals surface area contributed by atoms with Crippen LogP contribution < -0.4 is 5.32 Å². The van der Waals surface area contributed by atoms with Crippen LogP contribution >= 0.6 is 0 Å². The monoisotopic (exact) mass is 484 g/mol. The Labute approximate surface area is 190 Å². The molecule has 0 spiro atoms. The van der Waals surface area contributed by atoms with Gasteiger partial charge in [0.05, 0.1) is 6.04 Å². The molecule has 2 saturated carbocycles. The first-order valence-electron chi connectivity index (χ1n) is 11.0. The number of fused-ring (bicyclic) bond motifs is 1. The van der Waals surface area contributed by atoms with Crippen LogP contribution in [0.5, 0.6) is 0 Å². The van der Waals surface area contributed by atoms with Crippen LogP contribution in [0.25, 0.3) is 11.4 Å². The maximum atomic E-state index is 14.0. The molecule has 1 aromatic carbocycles. The largest absolute Gasteiger partial charge is 0.471 e. The van der Waals surface area contributed by atoms with Crippen molar-refractivity contribution in [3.8, 4) is 11.4 Å². The number of hydrogen-bond donors (Lipinski definition) is 1. The molecule has 3 unspecified atom stereocenters. The first-order chi connectivity index (χ1) is 16.0. The number of carbonyl (C=O) groups excluding carboxylic acids is 2. The molecular weight excluding hydrogens is 463 g/mol. The molecule has 7 nitrogen and oxygen atoms in total. The zero-order valence-electron chi connectivity index (χ0n) is 18.0. The van der Waals surface area contributed by atoms with Gasteiger partial charge in [-0.3, -0.25) is 9.59 Å². The van der Waals surface area contributed by atoms with Gasteiger partial charge in [0.1, 0.15) is 12.1 Å². The highest BCUT2D eigenvalue weighted by molar-refractivity contribution is 5.99. The van der Waals surface area contributed by atoms with Gasteiger partial charge in [0.2, 0.25) is 11.7 Å². The van der Waals surface area contributed by atoms with Gasteiger partial charge in [-0.15, -0.1) is 0 Å². The number of aromatic nitrogens is 2. The summed E-state index contributed by atoms with van der Waals surface area (Å²) in [5, 5.41) is 6.10. The Bertz CT molecular complexity index is 1150. The standard InChI is InChI=1S/C22H21F5N4O3/c1-21(24)15(16(21)23)18(32)28-13-4-2-3-5-14(13)31-9-11-7-6-10(8-12(11)19(31)33)17-29-20(34-30-17)22(25,26)27/h6-8,13-16H,2-5,9H2,1H3,(H,28,32)/t13-,14-,15?,16?,21?/m1/s1. The first kappa shape index (κ1) is 22.7. The Morgan fingerprint density at radius 3 is 2.62 bits per heavy atom. The molecule has 5 atom stereocenters. The van der Waals surface area contributed by atoms with E-state index in [0.717, 1.165) is 19.8 Å². The molecule has 0 saturated heterocycles. The number of rotatable bonds is 4. The lowest BCUT2D eigenvalue weighted by atomic mass is 9.89. The molecule has 2 amide bonds. The maximum Gasteiger partial charge on any atom is 0.471 e. The van der Waals surface area contributed by atoms with Gasteiger partial charge < -0.3 is 14.7 Å². The summed E-state index contributed by atoms with van der Waals surface area (Å²) in [5.74, 6) is -4.15. The number of nitrogens with zero attached hydrogens (tertiary/aromatic N) is 3. The van der Waals surface area contributed by atoms with E-state index in [1.807, 2.05) is 0 Å². The Morgan fingerprint density at radius 2 is 1.97 bits per heavy atom. The number of benzene rings is 1. The predicted octanol–water partition coefficient (Wildman–Crippen LogP) is 3.83. The van der Waals surface area contributed by atoms with Crippen molar-refractivity contribution in [2.75, 3.05) is 0 Å². The lowest BCUT2D eigenvalue weighted by Gasteiger charge is -2.38. The molecule has 2 aromatic rings. The molecule has 1 N–H and O–H groups in total. The van der Waals surface area contributed by atoms with Gasteiger partial charge in [0.25, 0.3) is 5.91 Å². The molecule has 182 valence electrons. The Kier molecular flexibility index (Phi) is 5.17. The van der Waals surface area contributed by atoms with Crippen LogP contribution in [0.15, 0.2) is 22.7 Å². The van der Waals surface area contributed by atoms with E-state index in [4.69, 9.17) is 0 Å². The second-order valence-electron chi connectivity index (χ2n) is 9.22. The molecule has 2 heterocycles. The lowest BCUT2D eigenvalue weighted by molar-refractivity contribution is -0.159. The number of amides is 2. The van der Waals surface area contributed by atoms with E-state index in [9.17, 15) is 31.5 Å². The fourth-order valence-electron chi connectivity index (χ4n) is 4.93. The summed E-state index contributed by atoms with van der Waals surface area (Å²) in [6.07, 6.45) is -3.82. The fourth-order valence-corrected chi connectivity index (χ4v) is 4.93. The minimum absolute atomic E-state index is 0.201. The zero-order chi connectivity index (χ0) is 24.4. The van der Waals surface area contributed by atoms with Gasteiger partial charge in [0.15, 0.2) is 5.67 Å². The van der Waals surface area contributed by atoms with E-state index >= 15 is 0 Å². The molecule has 2 aliphatic carbocycles. The van der Waals surface area contributed by atoms with E-state index < -0.39 is 41.8 Å².